The van der Waals surface area contributed by atoms with Crippen LogP contribution in [0.3, 0.4) is 0 Å². The molecule has 1 aromatic carbocycles. The molecular weight excluding hydrogens is 236 g/mol. The average Bonchev–Trinajstić information content (AvgIpc) is 2.90. The quantitative estimate of drug-likeness (QED) is 0.885. The predicted molar refractivity (Wildman–Crippen MR) is 78.5 cm³/mol. The van der Waals surface area contributed by atoms with Crippen LogP contribution >= 0.6 is 0 Å². The van der Waals surface area contributed by atoms with Crippen LogP contribution in [0.1, 0.15) is 43.1 Å². The zero-order valence-electron chi connectivity index (χ0n) is 12.4. The fourth-order valence-electron chi connectivity index (χ4n) is 2.45. The summed E-state index contributed by atoms with van der Waals surface area (Å²) in [4.78, 5) is 14.3. The van der Waals surface area contributed by atoms with Crippen molar-refractivity contribution in [3.8, 4) is 0 Å². The highest BCUT2D eigenvalue weighted by Gasteiger charge is 2.24. The standard InChI is InChI=1S/C16H24N2O/c1-16(2,3)13-7-5-12(6-8-13)15(19)18(4)14-9-10-17-11-14/h5-8,14,17H,9-11H2,1-4H3. The smallest absolute Gasteiger partial charge is 0.253 e. The van der Waals surface area contributed by atoms with E-state index in [9.17, 15) is 4.79 Å². The number of carbonyl (C=O) groups is 1. The summed E-state index contributed by atoms with van der Waals surface area (Å²) in [5.74, 6) is 0.120. The van der Waals surface area contributed by atoms with Crippen molar-refractivity contribution < 1.29 is 4.79 Å². The summed E-state index contributed by atoms with van der Waals surface area (Å²) < 4.78 is 0. The van der Waals surface area contributed by atoms with E-state index in [2.05, 4.69) is 38.2 Å². The van der Waals surface area contributed by atoms with E-state index >= 15 is 0 Å². The second-order valence-corrected chi connectivity index (χ2v) is 6.39. The second-order valence-electron chi connectivity index (χ2n) is 6.39. The van der Waals surface area contributed by atoms with E-state index in [1.807, 2.05) is 24.1 Å². The van der Waals surface area contributed by atoms with Gasteiger partial charge in [0.15, 0.2) is 0 Å². The summed E-state index contributed by atoms with van der Waals surface area (Å²) in [5.41, 5.74) is 2.17. The lowest BCUT2D eigenvalue weighted by Crippen LogP contribution is -2.38. The minimum Gasteiger partial charge on any atom is -0.337 e. The van der Waals surface area contributed by atoms with Crippen LogP contribution in [0.15, 0.2) is 24.3 Å². The Morgan fingerprint density at radius 3 is 2.37 bits per heavy atom. The molecule has 0 saturated carbocycles. The molecule has 19 heavy (non-hydrogen) atoms. The average molecular weight is 260 g/mol. The minimum atomic E-state index is 0.120. The van der Waals surface area contributed by atoms with Crippen LogP contribution in [0.5, 0.6) is 0 Å². The molecule has 0 radical (unpaired) electrons. The molecule has 2 rings (SSSR count). The van der Waals surface area contributed by atoms with Gasteiger partial charge in [-0.15, -0.1) is 0 Å². The highest BCUT2D eigenvalue weighted by molar-refractivity contribution is 5.94. The van der Waals surface area contributed by atoms with Gasteiger partial charge in [0.25, 0.3) is 5.91 Å². The monoisotopic (exact) mass is 260 g/mol. The van der Waals surface area contributed by atoms with Gasteiger partial charge in [-0.3, -0.25) is 4.79 Å². The Hall–Kier alpha value is -1.35. The number of nitrogens with zero attached hydrogens (tertiary/aromatic N) is 1. The molecule has 1 aliphatic heterocycles. The lowest BCUT2D eigenvalue weighted by Gasteiger charge is -2.24. The lowest BCUT2D eigenvalue weighted by atomic mass is 9.86. The third kappa shape index (κ3) is 3.16. The molecule has 1 amide bonds. The first-order chi connectivity index (χ1) is 8.89. The molecule has 1 fully saturated rings. The second kappa shape index (κ2) is 5.33. The largest absolute Gasteiger partial charge is 0.337 e. The van der Waals surface area contributed by atoms with Crippen molar-refractivity contribution in [2.45, 2.75) is 38.6 Å². The molecule has 1 atom stereocenters. The number of hydrogen-bond acceptors (Lipinski definition) is 2. The van der Waals surface area contributed by atoms with Gasteiger partial charge >= 0.3 is 0 Å². The summed E-state index contributed by atoms with van der Waals surface area (Å²) in [7, 11) is 1.90. The van der Waals surface area contributed by atoms with E-state index in [0.717, 1.165) is 25.1 Å². The van der Waals surface area contributed by atoms with Crippen molar-refractivity contribution in [2.75, 3.05) is 20.1 Å². The van der Waals surface area contributed by atoms with E-state index in [1.54, 1.807) is 0 Å². The number of rotatable bonds is 2. The number of benzene rings is 1. The van der Waals surface area contributed by atoms with Gasteiger partial charge in [0.05, 0.1) is 0 Å². The van der Waals surface area contributed by atoms with E-state index < -0.39 is 0 Å². The molecule has 1 saturated heterocycles. The molecule has 0 aliphatic carbocycles. The maximum Gasteiger partial charge on any atom is 0.253 e. The third-order valence-electron chi connectivity index (χ3n) is 3.90. The number of hydrogen-bond donors (Lipinski definition) is 1. The maximum absolute atomic E-state index is 12.4. The fraction of sp³-hybridized carbons (Fsp3) is 0.562. The topological polar surface area (TPSA) is 32.3 Å². The van der Waals surface area contributed by atoms with E-state index in [1.165, 1.54) is 5.56 Å². The van der Waals surface area contributed by atoms with Crippen molar-refractivity contribution in [3.05, 3.63) is 35.4 Å². The van der Waals surface area contributed by atoms with E-state index in [0.29, 0.717) is 6.04 Å². The summed E-state index contributed by atoms with van der Waals surface area (Å²) in [5, 5.41) is 3.29. The Bertz CT molecular complexity index is 439. The number of carbonyl (C=O) groups excluding carboxylic acids is 1. The summed E-state index contributed by atoms with van der Waals surface area (Å²) >= 11 is 0. The van der Waals surface area contributed by atoms with Crippen LogP contribution in [-0.2, 0) is 5.41 Å². The van der Waals surface area contributed by atoms with Crippen LogP contribution in [0.2, 0.25) is 0 Å². The summed E-state index contributed by atoms with van der Waals surface area (Å²) in [6.45, 7) is 8.45. The number of amides is 1. The molecule has 3 nitrogen and oxygen atoms in total. The minimum absolute atomic E-state index is 0.120. The van der Waals surface area contributed by atoms with Gasteiger partial charge in [0, 0.05) is 25.2 Å². The molecule has 1 unspecified atom stereocenters. The van der Waals surface area contributed by atoms with Crippen LogP contribution in [-0.4, -0.2) is 37.0 Å². The summed E-state index contributed by atoms with van der Waals surface area (Å²) in [6, 6.07) is 8.35. The molecule has 0 bridgehead atoms. The predicted octanol–water partition coefficient (Wildman–Crippen LogP) is 2.42. The van der Waals surface area contributed by atoms with Crippen molar-refractivity contribution in [1.82, 2.24) is 10.2 Å². The molecule has 104 valence electrons. The zero-order valence-corrected chi connectivity index (χ0v) is 12.4. The zero-order chi connectivity index (χ0) is 14.0. The van der Waals surface area contributed by atoms with Crippen LogP contribution in [0.4, 0.5) is 0 Å². The highest BCUT2D eigenvalue weighted by Crippen LogP contribution is 2.22. The molecule has 0 spiro atoms. The molecule has 1 aromatic rings. The SMILES string of the molecule is CN(C(=O)c1ccc(C(C)(C)C)cc1)C1CCNC1. The van der Waals surface area contributed by atoms with Gasteiger partial charge in [0.1, 0.15) is 0 Å². The maximum atomic E-state index is 12.4. The van der Waals surface area contributed by atoms with Crippen LogP contribution < -0.4 is 5.32 Å². The van der Waals surface area contributed by atoms with Crippen molar-refractivity contribution >= 4 is 5.91 Å². The number of nitrogens with one attached hydrogen (secondary N) is 1. The fourth-order valence-corrected chi connectivity index (χ4v) is 2.45. The van der Waals surface area contributed by atoms with Gasteiger partial charge in [-0.1, -0.05) is 32.9 Å². The Morgan fingerprint density at radius 1 is 1.26 bits per heavy atom. The van der Waals surface area contributed by atoms with Gasteiger partial charge in [-0.25, -0.2) is 0 Å². The molecule has 1 heterocycles. The Balaban J connectivity index is 2.11. The van der Waals surface area contributed by atoms with Gasteiger partial charge in [-0.05, 0) is 36.1 Å². The summed E-state index contributed by atoms with van der Waals surface area (Å²) in [6.07, 6.45) is 1.04. The van der Waals surface area contributed by atoms with Crippen molar-refractivity contribution in [3.63, 3.8) is 0 Å². The van der Waals surface area contributed by atoms with Crippen LogP contribution in [0.25, 0.3) is 0 Å². The highest BCUT2D eigenvalue weighted by atomic mass is 16.2. The molecule has 1 aliphatic rings. The first-order valence-electron chi connectivity index (χ1n) is 6.98. The van der Waals surface area contributed by atoms with Crippen LogP contribution in [0, 0.1) is 0 Å². The Labute approximate surface area is 116 Å². The number of likely N-dealkylation sites (N-methyl/N-ethyl adjacent to an activating group) is 1. The van der Waals surface area contributed by atoms with E-state index in [-0.39, 0.29) is 11.3 Å². The Morgan fingerprint density at radius 2 is 1.89 bits per heavy atom. The molecule has 0 aromatic heterocycles. The van der Waals surface area contributed by atoms with Crippen molar-refractivity contribution in [2.24, 2.45) is 0 Å². The molecule has 1 N–H and O–H groups in total. The first-order valence-corrected chi connectivity index (χ1v) is 6.98. The first kappa shape index (κ1) is 14.1. The van der Waals surface area contributed by atoms with E-state index in [4.69, 9.17) is 0 Å². The van der Waals surface area contributed by atoms with Gasteiger partial charge < -0.3 is 10.2 Å². The Kier molecular flexibility index (Phi) is 3.95. The normalized spacial score (nSPS) is 19.5. The third-order valence-corrected chi connectivity index (χ3v) is 3.90. The lowest BCUT2D eigenvalue weighted by molar-refractivity contribution is 0.0743. The molecular formula is C16H24N2O. The molecule has 3 heteroatoms. The van der Waals surface area contributed by atoms with Gasteiger partial charge in [-0.2, -0.15) is 0 Å². The van der Waals surface area contributed by atoms with Gasteiger partial charge in [0.2, 0.25) is 0 Å². The van der Waals surface area contributed by atoms with Crippen molar-refractivity contribution in [1.29, 1.82) is 0 Å².